The number of fused-ring (bicyclic) bond motifs is 2. The van der Waals surface area contributed by atoms with E-state index in [0.29, 0.717) is 42.2 Å². The van der Waals surface area contributed by atoms with E-state index in [0.717, 1.165) is 47.9 Å². The Hall–Kier alpha value is -5.61. The van der Waals surface area contributed by atoms with Crippen molar-refractivity contribution in [3.8, 4) is 11.5 Å². The number of rotatable bonds is 28. The molecule has 1 saturated carbocycles. The number of halogens is 1. The molecular weight excluding hydrogens is 884 g/mol. The number of aliphatic hydroxyl groups is 3. The lowest BCUT2D eigenvalue weighted by Crippen LogP contribution is -2.70. The summed E-state index contributed by atoms with van der Waals surface area (Å²) in [7, 11) is 0. The Bertz CT molecular complexity index is 2280. The number of allylic oxidation sites excluding steroid dienone is 1. The summed E-state index contributed by atoms with van der Waals surface area (Å²) in [5, 5.41) is 34.6. The molecule has 3 N–H and O–H groups in total. The van der Waals surface area contributed by atoms with E-state index in [1.165, 1.54) is 6.07 Å². The van der Waals surface area contributed by atoms with Crippen LogP contribution in [0.3, 0.4) is 0 Å². The van der Waals surface area contributed by atoms with E-state index in [1.54, 1.807) is 35.2 Å². The van der Waals surface area contributed by atoms with Crippen LogP contribution in [-0.2, 0) is 43.6 Å². The minimum Gasteiger partial charge on any atom is -0.489 e. The van der Waals surface area contributed by atoms with Crippen LogP contribution in [0.15, 0.2) is 133 Å². The molecule has 6 atom stereocenters. The van der Waals surface area contributed by atoms with Gasteiger partial charge in [0, 0.05) is 43.2 Å². The third kappa shape index (κ3) is 13.2. The van der Waals surface area contributed by atoms with E-state index >= 15 is 0 Å². The molecular formula is C55H67FN2O11. The number of ether oxygens (including phenoxy) is 6. The van der Waals surface area contributed by atoms with Crippen molar-refractivity contribution in [1.29, 1.82) is 0 Å². The molecule has 7 rings (SSSR count). The number of aliphatic hydroxyl groups excluding tert-OH is 3. The highest BCUT2D eigenvalue weighted by molar-refractivity contribution is 6.03. The number of unbranched alkanes of at least 4 members (excludes halogenated alkanes) is 2. The molecule has 14 heteroatoms. The highest BCUT2D eigenvalue weighted by Crippen LogP contribution is 2.62. The van der Waals surface area contributed by atoms with Gasteiger partial charge < -0.3 is 48.6 Å². The zero-order valence-corrected chi connectivity index (χ0v) is 39.4. The number of amides is 1. The van der Waals surface area contributed by atoms with Crippen LogP contribution >= 0.6 is 0 Å². The van der Waals surface area contributed by atoms with Crippen LogP contribution in [-0.4, -0.2) is 103 Å². The molecule has 1 fully saturated rings. The maximum Gasteiger partial charge on any atom is 0.410 e. The summed E-state index contributed by atoms with van der Waals surface area (Å²) in [6.45, 7) is 4.85. The van der Waals surface area contributed by atoms with Gasteiger partial charge in [0.05, 0.1) is 51.3 Å². The quantitative estimate of drug-likeness (QED) is 0.0284. The van der Waals surface area contributed by atoms with E-state index < -0.39 is 23.8 Å². The Labute approximate surface area is 405 Å². The van der Waals surface area contributed by atoms with Gasteiger partial charge in [-0.2, -0.15) is 0 Å². The van der Waals surface area contributed by atoms with Crippen LogP contribution in [0.25, 0.3) is 0 Å². The van der Waals surface area contributed by atoms with Crippen molar-refractivity contribution < 1.29 is 57.8 Å². The lowest BCUT2D eigenvalue weighted by atomic mass is 9.55. The summed E-state index contributed by atoms with van der Waals surface area (Å²) in [5.41, 5.74) is 4.68. The zero-order valence-electron chi connectivity index (χ0n) is 39.4. The molecule has 3 aliphatic rings. The minimum absolute atomic E-state index is 0.00255. The van der Waals surface area contributed by atoms with Crippen molar-refractivity contribution >= 4 is 11.8 Å². The van der Waals surface area contributed by atoms with Gasteiger partial charge in [0.2, 0.25) is 5.79 Å². The van der Waals surface area contributed by atoms with E-state index in [4.69, 9.17) is 38.4 Å². The van der Waals surface area contributed by atoms with Gasteiger partial charge in [-0.15, -0.1) is 6.58 Å². The zero-order chi connectivity index (χ0) is 48.3. The summed E-state index contributed by atoms with van der Waals surface area (Å²) in [6.07, 6.45) is 7.68. The first-order chi connectivity index (χ1) is 33.9. The van der Waals surface area contributed by atoms with Gasteiger partial charge in [-0.1, -0.05) is 109 Å². The Morgan fingerprint density at radius 2 is 1.54 bits per heavy atom. The van der Waals surface area contributed by atoms with Crippen LogP contribution in [0.5, 0.6) is 11.5 Å². The van der Waals surface area contributed by atoms with Crippen molar-refractivity contribution in [1.82, 2.24) is 4.90 Å². The summed E-state index contributed by atoms with van der Waals surface area (Å²) >= 11 is 0. The Morgan fingerprint density at radius 1 is 0.812 bits per heavy atom. The summed E-state index contributed by atoms with van der Waals surface area (Å²) in [5.74, 6) is -1.83. The maximum atomic E-state index is 14.9. The van der Waals surface area contributed by atoms with Crippen LogP contribution in [0.2, 0.25) is 0 Å². The summed E-state index contributed by atoms with van der Waals surface area (Å²) in [6, 6.07) is 30.8. The molecule has 69 heavy (non-hydrogen) atoms. The Kier molecular flexibility index (Phi) is 19.6. The molecule has 13 nitrogen and oxygen atoms in total. The molecule has 2 aliphatic carbocycles. The second-order valence-electron chi connectivity index (χ2n) is 17.6. The third-order valence-corrected chi connectivity index (χ3v) is 13.1. The van der Waals surface area contributed by atoms with Gasteiger partial charge in [0.15, 0.2) is 0 Å². The number of benzene rings is 4. The van der Waals surface area contributed by atoms with Gasteiger partial charge >= 0.3 is 6.09 Å². The monoisotopic (exact) mass is 950 g/mol. The predicted octanol–water partition coefficient (Wildman–Crippen LogP) is 8.90. The smallest absolute Gasteiger partial charge is 0.410 e. The van der Waals surface area contributed by atoms with Gasteiger partial charge in [-0.3, -0.25) is 4.90 Å². The van der Waals surface area contributed by atoms with Crippen molar-refractivity contribution in [3.05, 3.63) is 156 Å². The van der Waals surface area contributed by atoms with Crippen LogP contribution in [0.1, 0.15) is 73.1 Å². The van der Waals surface area contributed by atoms with E-state index in [1.807, 2.05) is 72.8 Å². The van der Waals surface area contributed by atoms with Crippen molar-refractivity contribution in [3.63, 3.8) is 0 Å². The number of hydrogen-bond donors (Lipinski definition) is 3. The summed E-state index contributed by atoms with van der Waals surface area (Å²) in [4.78, 5) is 22.6. The second kappa shape index (κ2) is 26.4. The maximum absolute atomic E-state index is 14.9. The molecule has 4 aromatic carbocycles. The average Bonchev–Trinajstić information content (AvgIpc) is 3.37. The lowest BCUT2D eigenvalue weighted by Gasteiger charge is -2.59. The molecule has 370 valence electrons. The fourth-order valence-corrected chi connectivity index (χ4v) is 10.0. The fraction of sp³-hybridized carbons (Fsp3) is 0.455. The van der Waals surface area contributed by atoms with E-state index in [-0.39, 0.29) is 103 Å². The molecule has 0 aromatic heterocycles. The van der Waals surface area contributed by atoms with Crippen LogP contribution < -0.4 is 9.47 Å². The average molecular weight is 951 g/mol. The number of oxime groups is 1. The number of carbonyl (C=O) groups excluding carboxylic acids is 1. The predicted molar refractivity (Wildman–Crippen MR) is 259 cm³/mol. The van der Waals surface area contributed by atoms with Crippen LogP contribution in [0, 0.1) is 23.6 Å². The highest BCUT2D eigenvalue weighted by Gasteiger charge is 2.65. The molecule has 6 unspecified atom stereocenters. The van der Waals surface area contributed by atoms with Gasteiger partial charge in [-0.25, -0.2) is 9.18 Å². The molecule has 0 bridgehead atoms. The summed E-state index contributed by atoms with van der Waals surface area (Å²) < 4.78 is 53.3. The number of hydrogen-bond acceptors (Lipinski definition) is 12. The molecule has 4 aromatic rings. The Morgan fingerprint density at radius 3 is 2.26 bits per heavy atom. The fourth-order valence-electron chi connectivity index (χ4n) is 10.0. The second-order valence-corrected chi connectivity index (χ2v) is 17.6. The standard InChI is InChI=1S/C55H67FN2O11/c1-2-29-67-55-51(58(25-30-63-31-28-61)54(62)65-33-32-64-37-40-15-5-3-6-16-40)36-49(57-68-38-41-17-7-4-8-18-41)46-34-42(19-11-13-26-59)45(21-12-14-27-60)52(53(46)55)47-35-44(23-24-50(47)69-55)66-39-43-20-9-10-22-48(43)56/h2-10,15-18,20,22-24,34-35,42,45,51-53,59-61H,1,11-14,19,21,25-33,36-39H2. The molecule has 0 radical (unpaired) electrons. The molecule has 0 saturated heterocycles. The molecule has 0 spiro atoms. The lowest BCUT2D eigenvalue weighted by molar-refractivity contribution is -0.256. The van der Waals surface area contributed by atoms with E-state index in [9.17, 15) is 24.5 Å². The molecule has 1 amide bonds. The third-order valence-electron chi connectivity index (χ3n) is 13.1. The van der Waals surface area contributed by atoms with Crippen molar-refractivity contribution in [2.45, 2.75) is 82.5 Å². The number of nitrogens with zero attached hydrogens (tertiary/aromatic N) is 2. The van der Waals surface area contributed by atoms with Crippen molar-refractivity contribution in [2.75, 3.05) is 59.4 Å². The topological polar surface area (TPSA) is 158 Å². The molecule has 1 heterocycles. The minimum atomic E-state index is -1.56. The highest BCUT2D eigenvalue weighted by atomic mass is 19.1. The van der Waals surface area contributed by atoms with Gasteiger partial charge in [0.1, 0.15) is 43.2 Å². The van der Waals surface area contributed by atoms with E-state index in [2.05, 4.69) is 12.7 Å². The number of carbonyl (C=O) groups is 1. The first-order valence-electron chi connectivity index (χ1n) is 24.2. The SMILES string of the molecule is C=CCOC12Oc3ccc(OCc4ccccc4F)cc3C3C(CCCCO)C(CCCCO)C=C(C(=NOCc4ccccc4)CC1N(CCOCCO)C(=O)OCCOCc1ccccc1)C32. The largest absolute Gasteiger partial charge is 0.489 e. The van der Waals surface area contributed by atoms with Gasteiger partial charge in [0.25, 0.3) is 0 Å². The van der Waals surface area contributed by atoms with Crippen LogP contribution in [0.4, 0.5) is 9.18 Å². The first-order valence-corrected chi connectivity index (χ1v) is 24.2. The molecule has 1 aliphatic heterocycles. The van der Waals surface area contributed by atoms with Crippen molar-refractivity contribution in [2.24, 2.45) is 22.9 Å². The van der Waals surface area contributed by atoms with Gasteiger partial charge in [-0.05, 0) is 78.5 Å². The normalized spacial score (nSPS) is 21.9. The Balaban J connectivity index is 1.35. The first kappa shape index (κ1) is 51.2.